The van der Waals surface area contributed by atoms with Crippen molar-refractivity contribution in [1.29, 1.82) is 0 Å². The van der Waals surface area contributed by atoms with E-state index in [0.717, 1.165) is 123 Å². The van der Waals surface area contributed by atoms with Crippen molar-refractivity contribution in [1.82, 2.24) is 14.1 Å². The van der Waals surface area contributed by atoms with Gasteiger partial charge >= 0.3 is 6.98 Å². The van der Waals surface area contributed by atoms with E-state index in [0.29, 0.717) is 11.5 Å². The van der Waals surface area contributed by atoms with Gasteiger partial charge in [0.05, 0.1) is 28.1 Å². The van der Waals surface area contributed by atoms with Crippen molar-refractivity contribution in [3.63, 3.8) is 0 Å². The molecule has 0 radical (unpaired) electrons. The van der Waals surface area contributed by atoms with Gasteiger partial charge < -0.3 is 23.5 Å². The molecule has 17 rings (SSSR count). The molecule has 12 aromatic carbocycles. The minimum atomic E-state index is -2.32. The number of para-hydroxylation sites is 6. The standard InChI is InChI=1S/C84H63BN6OSi.Pt/c1-84(2,3)61-50-51-86-81(52-61)89-71-48-44-62(85-90(72-38-20-18-34-65(72)57-26-10-6-11-27-57)74-40-22-23-41-75(74)91(85)73-39-21-19-35-66(73)58-28-12-7-13-29-58)53-70(71)69-47-45-63(54-77(69)89)92-64-46-49-79-78(55-64)88-56-87(76-42-25-43-80(83(76)88)93(79,4)5)82-67(59-30-14-8-15-31-59)36-24-37-68(82)60-32-16-9-17-33-60;/h6-53H,1-5H3;/q-2;. The van der Waals surface area contributed by atoms with Crippen LogP contribution in [0.4, 0.5) is 22.7 Å². The predicted molar refractivity (Wildman–Crippen MR) is 386 cm³/mol. The van der Waals surface area contributed by atoms with Crippen LogP contribution in [0.3, 0.4) is 0 Å². The summed E-state index contributed by atoms with van der Waals surface area (Å²) in [6.45, 7) is 11.3. The molecule has 0 saturated heterocycles. The second-order valence-electron chi connectivity index (χ2n) is 25.9. The predicted octanol–water partition coefficient (Wildman–Crippen LogP) is 18.4. The summed E-state index contributed by atoms with van der Waals surface area (Å²) in [5.74, 6) is 1.97. The number of nitrogens with zero attached hydrogens (tertiary/aromatic N) is 6. The molecule has 0 unspecified atom stereocenters. The first-order chi connectivity index (χ1) is 45.5. The van der Waals surface area contributed by atoms with Crippen LogP contribution in [0.2, 0.25) is 13.1 Å². The van der Waals surface area contributed by atoms with Gasteiger partial charge in [0.2, 0.25) is 0 Å². The van der Waals surface area contributed by atoms with Crippen LogP contribution in [0, 0.1) is 18.5 Å². The van der Waals surface area contributed by atoms with E-state index in [2.05, 4.69) is 361 Å². The molecule has 0 amide bonds. The monoisotopic (exact) mass is 1410 g/mol. The van der Waals surface area contributed by atoms with E-state index in [9.17, 15) is 0 Å². The molecular weight excluding hydrogens is 1340 g/mol. The fourth-order valence-electron chi connectivity index (χ4n) is 14.5. The van der Waals surface area contributed by atoms with Crippen molar-refractivity contribution < 1.29 is 30.4 Å². The van der Waals surface area contributed by atoms with Crippen LogP contribution in [0.5, 0.6) is 11.5 Å². The Kier molecular flexibility index (Phi) is 14.5. The van der Waals surface area contributed by atoms with E-state index >= 15 is 0 Å². The molecule has 454 valence electrons. The summed E-state index contributed by atoms with van der Waals surface area (Å²) in [6.07, 6.45) is 5.89. The van der Waals surface area contributed by atoms with Crippen molar-refractivity contribution in [2.24, 2.45) is 0 Å². The maximum Gasteiger partial charge on any atom is 0.420 e. The number of pyridine rings is 1. The van der Waals surface area contributed by atoms with Crippen LogP contribution in [0.25, 0.3) is 94.5 Å². The SMILES string of the molecule is CC(C)(C)c1ccnc(-n2c3[c-]c(Oc4[c-]c5c(cc4)[Si](C)(C)c4cccc6c4n-5[c-][n+]6-c4c(-c5ccccc5)cccc4-c4ccccc4)ccc3c3cc(B4N(c5ccccc5-c5ccccc5)c5ccccc5N4c4ccccc4-c4ccccc4)ccc32)c1.[Pt]. The molecule has 2 aliphatic heterocycles. The Balaban J connectivity index is 0.00000699. The molecule has 0 N–H and O–H groups in total. The van der Waals surface area contributed by atoms with Crippen molar-refractivity contribution in [2.45, 2.75) is 39.3 Å². The van der Waals surface area contributed by atoms with E-state index in [-0.39, 0.29) is 33.5 Å². The van der Waals surface area contributed by atoms with Crippen LogP contribution in [-0.4, -0.2) is 29.2 Å². The van der Waals surface area contributed by atoms with E-state index in [1.54, 1.807) is 0 Å². The third kappa shape index (κ3) is 9.67. The number of hydrogen-bond acceptors (Lipinski definition) is 4. The molecule has 0 spiro atoms. The number of hydrogen-bond donors (Lipinski definition) is 0. The van der Waals surface area contributed by atoms with Gasteiger partial charge in [0.1, 0.15) is 5.82 Å². The molecule has 0 saturated carbocycles. The molecule has 0 fully saturated rings. The van der Waals surface area contributed by atoms with Gasteiger partial charge in [-0.15, -0.1) is 34.8 Å². The Morgan fingerprint density at radius 3 is 1.56 bits per heavy atom. The number of benzene rings is 12. The van der Waals surface area contributed by atoms with Gasteiger partial charge in [-0.2, -0.15) is 12.1 Å². The Morgan fingerprint density at radius 2 is 0.979 bits per heavy atom. The Bertz CT molecular complexity index is 5250. The molecular formula is C84H63BN6OPtSi-2. The second-order valence-corrected chi connectivity index (χ2v) is 30.2. The zero-order valence-corrected chi connectivity index (χ0v) is 56.0. The van der Waals surface area contributed by atoms with Gasteiger partial charge in [0.25, 0.3) is 6.33 Å². The van der Waals surface area contributed by atoms with E-state index in [1.165, 1.54) is 15.9 Å². The van der Waals surface area contributed by atoms with Crippen molar-refractivity contribution in [2.75, 3.05) is 9.62 Å². The molecule has 3 aromatic heterocycles. The molecule has 0 bridgehead atoms. The third-order valence-electron chi connectivity index (χ3n) is 19.0. The molecule has 5 heterocycles. The normalized spacial score (nSPS) is 13.1. The second kappa shape index (κ2) is 23.2. The van der Waals surface area contributed by atoms with Crippen LogP contribution in [0.15, 0.2) is 291 Å². The van der Waals surface area contributed by atoms with Gasteiger partial charge in [-0.05, 0) is 103 Å². The topological polar surface area (TPSA) is 42.3 Å². The molecule has 0 atom stereocenters. The van der Waals surface area contributed by atoms with E-state index in [1.807, 2.05) is 6.20 Å². The Morgan fingerprint density at radius 1 is 0.468 bits per heavy atom. The largest absolute Gasteiger partial charge is 0.510 e. The van der Waals surface area contributed by atoms with Gasteiger partial charge in [-0.1, -0.05) is 263 Å². The number of rotatable bonds is 11. The van der Waals surface area contributed by atoms with E-state index in [4.69, 9.17) is 9.72 Å². The summed E-state index contributed by atoms with van der Waals surface area (Å²) in [7, 11) is -2.32. The maximum absolute atomic E-state index is 7.10. The maximum atomic E-state index is 7.10. The summed E-state index contributed by atoms with van der Waals surface area (Å²) in [5, 5.41) is 4.73. The van der Waals surface area contributed by atoms with Crippen LogP contribution in [0.1, 0.15) is 26.3 Å². The summed E-state index contributed by atoms with van der Waals surface area (Å²) >= 11 is 0. The molecule has 15 aromatic rings. The van der Waals surface area contributed by atoms with Crippen LogP contribution < -0.4 is 34.8 Å². The number of anilines is 4. The zero-order chi connectivity index (χ0) is 62.5. The summed E-state index contributed by atoms with van der Waals surface area (Å²) in [6, 6.07) is 111. The van der Waals surface area contributed by atoms with Gasteiger partial charge in [0, 0.05) is 74.9 Å². The molecule has 2 aliphatic rings. The van der Waals surface area contributed by atoms with Crippen molar-refractivity contribution >= 4 is 86.5 Å². The minimum absolute atomic E-state index is 0. The number of ether oxygens (including phenoxy) is 1. The van der Waals surface area contributed by atoms with Crippen molar-refractivity contribution in [3.05, 3.63) is 315 Å². The Hall–Kier alpha value is -10.6. The molecule has 7 nitrogen and oxygen atoms in total. The third-order valence-corrected chi connectivity index (χ3v) is 22.5. The molecule has 0 aliphatic carbocycles. The average molecular weight is 1410 g/mol. The smallest absolute Gasteiger partial charge is 0.420 e. The first-order valence-corrected chi connectivity index (χ1v) is 35.0. The fraction of sp³-hybridized carbons (Fsp3) is 0.0714. The van der Waals surface area contributed by atoms with Gasteiger partial charge in [0.15, 0.2) is 0 Å². The van der Waals surface area contributed by atoms with E-state index < -0.39 is 8.07 Å². The van der Waals surface area contributed by atoms with Crippen LogP contribution in [-0.2, 0) is 26.5 Å². The zero-order valence-electron chi connectivity index (χ0n) is 52.7. The number of aromatic nitrogens is 4. The first kappa shape index (κ1) is 58.5. The molecule has 94 heavy (non-hydrogen) atoms. The van der Waals surface area contributed by atoms with Crippen molar-refractivity contribution in [3.8, 4) is 73.2 Å². The fourth-order valence-corrected chi connectivity index (χ4v) is 17.4. The molecule has 10 heteroatoms. The number of fused-ring (bicyclic) bond motifs is 6. The first-order valence-electron chi connectivity index (χ1n) is 32.0. The van der Waals surface area contributed by atoms with Gasteiger partial charge in [-0.3, -0.25) is 4.57 Å². The van der Waals surface area contributed by atoms with Crippen LogP contribution >= 0.6 is 0 Å². The Labute approximate surface area is 564 Å². The quantitative estimate of drug-likeness (QED) is 0.0735. The minimum Gasteiger partial charge on any atom is -0.510 e. The summed E-state index contributed by atoms with van der Waals surface area (Å²) in [5.41, 5.74) is 21.9. The summed E-state index contributed by atoms with van der Waals surface area (Å²) < 4.78 is 13.9. The average Bonchev–Trinajstić information content (AvgIpc) is 1.51. The summed E-state index contributed by atoms with van der Waals surface area (Å²) in [4.78, 5) is 10.3. The number of imidazole rings is 1. The van der Waals surface area contributed by atoms with Gasteiger partial charge in [-0.25, -0.2) is 4.98 Å².